The first kappa shape index (κ1) is 14.7. The van der Waals surface area contributed by atoms with E-state index in [-0.39, 0.29) is 10.7 Å². The maximum Gasteiger partial charge on any atom is 0.265 e. The second-order valence-corrected chi connectivity index (χ2v) is 6.32. The van der Waals surface area contributed by atoms with Gasteiger partial charge in [-0.2, -0.15) is 0 Å². The molecule has 8 heteroatoms. The number of anilines is 2. The summed E-state index contributed by atoms with van der Waals surface area (Å²) in [6.45, 7) is 2.53. The summed E-state index contributed by atoms with van der Waals surface area (Å²) in [6, 6.07) is 6.69. The van der Waals surface area contributed by atoms with E-state index in [0.717, 1.165) is 0 Å². The Balaban J connectivity index is 2.33. The van der Waals surface area contributed by atoms with Gasteiger partial charge in [-0.3, -0.25) is 4.72 Å². The van der Waals surface area contributed by atoms with Crippen molar-refractivity contribution in [1.29, 1.82) is 0 Å². The van der Waals surface area contributed by atoms with Gasteiger partial charge in [0.1, 0.15) is 9.50 Å². The molecule has 2 aromatic rings. The van der Waals surface area contributed by atoms with Crippen molar-refractivity contribution >= 4 is 37.5 Å². The van der Waals surface area contributed by atoms with Crippen LogP contribution in [0.3, 0.4) is 0 Å². The fraction of sp³-hybridized carbons (Fsp3) is 0.167. The Morgan fingerprint density at radius 1 is 1.20 bits per heavy atom. The smallest absolute Gasteiger partial charge is 0.265 e. The predicted molar refractivity (Wildman–Crippen MR) is 81.1 cm³/mol. The molecule has 0 amide bonds. The number of para-hydroxylation sites is 1. The van der Waals surface area contributed by atoms with E-state index < -0.39 is 10.0 Å². The van der Waals surface area contributed by atoms with Gasteiger partial charge in [-0.15, -0.1) is 0 Å². The third-order valence-corrected chi connectivity index (χ3v) is 4.23. The topological polar surface area (TPSA) is 84.0 Å². The van der Waals surface area contributed by atoms with Gasteiger partial charge in [-0.25, -0.2) is 18.4 Å². The molecule has 0 saturated carbocycles. The summed E-state index contributed by atoms with van der Waals surface area (Å²) in [5.74, 6) is 0.166. The SMILES string of the molecule is CCNc1ccccc1S(=O)(=O)Nc1cnc(Br)cn1. The maximum atomic E-state index is 12.4. The van der Waals surface area contributed by atoms with Crippen LogP contribution in [-0.4, -0.2) is 24.9 Å². The molecule has 0 saturated heterocycles. The van der Waals surface area contributed by atoms with Crippen LogP contribution in [0.1, 0.15) is 6.92 Å². The van der Waals surface area contributed by atoms with Crippen LogP contribution in [0, 0.1) is 0 Å². The van der Waals surface area contributed by atoms with Crippen LogP contribution in [0.4, 0.5) is 11.5 Å². The Morgan fingerprint density at radius 2 is 1.95 bits per heavy atom. The van der Waals surface area contributed by atoms with Crippen molar-refractivity contribution in [1.82, 2.24) is 9.97 Å². The second-order valence-electron chi connectivity index (χ2n) is 3.86. The van der Waals surface area contributed by atoms with Gasteiger partial charge < -0.3 is 5.32 Å². The lowest BCUT2D eigenvalue weighted by Gasteiger charge is -2.12. The summed E-state index contributed by atoms with van der Waals surface area (Å²) in [6.07, 6.45) is 2.77. The zero-order chi connectivity index (χ0) is 14.6. The fourth-order valence-corrected chi connectivity index (χ4v) is 2.98. The van der Waals surface area contributed by atoms with Crippen molar-refractivity contribution in [2.75, 3.05) is 16.6 Å². The third-order valence-electron chi connectivity index (χ3n) is 2.40. The molecule has 20 heavy (non-hydrogen) atoms. The maximum absolute atomic E-state index is 12.4. The molecule has 0 aliphatic heterocycles. The summed E-state index contributed by atoms with van der Waals surface area (Å²) in [5, 5.41) is 3.01. The molecular formula is C12H13BrN4O2S. The molecule has 0 unspecified atom stereocenters. The van der Waals surface area contributed by atoms with Gasteiger partial charge in [0, 0.05) is 6.54 Å². The fourth-order valence-electron chi connectivity index (χ4n) is 1.60. The van der Waals surface area contributed by atoms with Gasteiger partial charge in [0.05, 0.1) is 18.1 Å². The highest BCUT2D eigenvalue weighted by atomic mass is 79.9. The molecule has 106 valence electrons. The number of rotatable bonds is 5. The standard InChI is InChI=1S/C12H13BrN4O2S/c1-2-14-9-5-3-4-6-10(9)20(18,19)17-12-8-15-11(13)7-16-12/h3-8,14H,2H2,1H3,(H,16,17). The van der Waals surface area contributed by atoms with E-state index in [1.807, 2.05) is 6.92 Å². The molecule has 0 fully saturated rings. The Labute approximate surface area is 125 Å². The first-order chi connectivity index (χ1) is 9.53. The highest BCUT2D eigenvalue weighted by Crippen LogP contribution is 2.22. The predicted octanol–water partition coefficient (Wildman–Crippen LogP) is 2.47. The van der Waals surface area contributed by atoms with E-state index in [2.05, 4.69) is 35.9 Å². The number of hydrogen-bond acceptors (Lipinski definition) is 5. The quantitative estimate of drug-likeness (QED) is 0.859. The van der Waals surface area contributed by atoms with Gasteiger partial charge >= 0.3 is 0 Å². The van der Waals surface area contributed by atoms with Crippen LogP contribution in [0.15, 0.2) is 46.2 Å². The average molecular weight is 357 g/mol. The summed E-state index contributed by atoms with van der Waals surface area (Å²) < 4.78 is 27.6. The van der Waals surface area contributed by atoms with Crippen LogP contribution in [0.2, 0.25) is 0 Å². The minimum absolute atomic E-state index is 0.166. The van der Waals surface area contributed by atoms with Gasteiger partial charge in [0.25, 0.3) is 10.0 Å². The van der Waals surface area contributed by atoms with E-state index in [9.17, 15) is 8.42 Å². The molecule has 2 rings (SSSR count). The van der Waals surface area contributed by atoms with Crippen LogP contribution >= 0.6 is 15.9 Å². The normalized spacial score (nSPS) is 11.1. The van der Waals surface area contributed by atoms with Crippen LogP contribution in [0.5, 0.6) is 0 Å². The Hall–Kier alpha value is -1.67. The van der Waals surface area contributed by atoms with Crippen LogP contribution in [-0.2, 0) is 10.0 Å². The molecule has 0 aliphatic carbocycles. The monoisotopic (exact) mass is 356 g/mol. The highest BCUT2D eigenvalue weighted by molar-refractivity contribution is 9.10. The molecule has 1 aromatic heterocycles. The van der Waals surface area contributed by atoms with Crippen LogP contribution in [0.25, 0.3) is 0 Å². The first-order valence-corrected chi connectivity index (χ1v) is 8.14. The van der Waals surface area contributed by atoms with Crippen molar-refractivity contribution < 1.29 is 8.42 Å². The summed E-state index contributed by atoms with van der Waals surface area (Å²) >= 11 is 3.14. The van der Waals surface area contributed by atoms with Gasteiger partial charge in [-0.1, -0.05) is 12.1 Å². The number of halogens is 1. The summed E-state index contributed by atoms with van der Waals surface area (Å²) in [4.78, 5) is 8.04. The van der Waals surface area contributed by atoms with Crippen LogP contribution < -0.4 is 10.0 Å². The molecule has 0 bridgehead atoms. The number of benzene rings is 1. The van der Waals surface area contributed by atoms with E-state index in [1.54, 1.807) is 18.2 Å². The lowest BCUT2D eigenvalue weighted by molar-refractivity contribution is 0.601. The Kier molecular flexibility index (Phi) is 4.56. The average Bonchev–Trinajstić information content (AvgIpc) is 2.42. The molecule has 2 N–H and O–H groups in total. The largest absolute Gasteiger partial charge is 0.384 e. The lowest BCUT2D eigenvalue weighted by Crippen LogP contribution is -2.16. The zero-order valence-electron chi connectivity index (χ0n) is 10.7. The summed E-state index contributed by atoms with van der Waals surface area (Å²) in [7, 11) is -3.71. The Bertz CT molecular complexity index is 689. The van der Waals surface area contributed by atoms with Gasteiger partial charge in [0.2, 0.25) is 0 Å². The second kappa shape index (κ2) is 6.19. The van der Waals surface area contributed by atoms with Crippen molar-refractivity contribution in [3.63, 3.8) is 0 Å². The van der Waals surface area contributed by atoms with E-state index >= 15 is 0 Å². The van der Waals surface area contributed by atoms with E-state index in [4.69, 9.17) is 0 Å². The van der Waals surface area contributed by atoms with Gasteiger partial charge in [-0.05, 0) is 35.0 Å². The minimum atomic E-state index is -3.71. The molecule has 6 nitrogen and oxygen atoms in total. The number of hydrogen-bond donors (Lipinski definition) is 2. The summed E-state index contributed by atoms with van der Waals surface area (Å²) in [5.41, 5.74) is 0.549. The number of aromatic nitrogens is 2. The minimum Gasteiger partial charge on any atom is -0.384 e. The molecule has 0 radical (unpaired) electrons. The lowest BCUT2D eigenvalue weighted by atomic mass is 10.3. The van der Waals surface area contributed by atoms with Gasteiger partial charge in [0.15, 0.2) is 5.82 Å². The highest BCUT2D eigenvalue weighted by Gasteiger charge is 2.18. The molecule has 1 heterocycles. The van der Waals surface area contributed by atoms with Crippen molar-refractivity contribution in [3.05, 3.63) is 41.3 Å². The van der Waals surface area contributed by atoms with Crippen molar-refractivity contribution in [3.8, 4) is 0 Å². The Morgan fingerprint density at radius 3 is 2.60 bits per heavy atom. The number of sulfonamides is 1. The van der Waals surface area contributed by atoms with E-state index in [0.29, 0.717) is 16.8 Å². The van der Waals surface area contributed by atoms with Crippen molar-refractivity contribution in [2.24, 2.45) is 0 Å². The molecule has 0 aliphatic rings. The molecular weight excluding hydrogens is 344 g/mol. The zero-order valence-corrected chi connectivity index (χ0v) is 13.1. The molecule has 0 spiro atoms. The molecule has 1 aromatic carbocycles. The number of nitrogens with one attached hydrogen (secondary N) is 2. The molecule has 0 atom stereocenters. The van der Waals surface area contributed by atoms with Crippen molar-refractivity contribution in [2.45, 2.75) is 11.8 Å². The third kappa shape index (κ3) is 3.45. The number of nitrogens with zero attached hydrogens (tertiary/aromatic N) is 2. The van der Waals surface area contributed by atoms with E-state index in [1.165, 1.54) is 18.5 Å². The first-order valence-electron chi connectivity index (χ1n) is 5.86.